The van der Waals surface area contributed by atoms with Gasteiger partial charge in [-0.05, 0) is 48.7 Å². The highest BCUT2D eigenvalue weighted by Crippen LogP contribution is 2.44. The van der Waals surface area contributed by atoms with Crippen LogP contribution in [0.15, 0.2) is 72.8 Å². The zero-order chi connectivity index (χ0) is 25.1. The summed E-state index contributed by atoms with van der Waals surface area (Å²) in [6, 6.07) is 23.9. The van der Waals surface area contributed by atoms with Gasteiger partial charge in [0, 0.05) is 17.7 Å². The smallest absolute Gasteiger partial charge is 0.273 e. The summed E-state index contributed by atoms with van der Waals surface area (Å²) in [5.74, 6) is 1.54. The zero-order valence-corrected chi connectivity index (χ0v) is 21.0. The molecule has 1 unspecified atom stereocenters. The molecule has 0 saturated carbocycles. The summed E-state index contributed by atoms with van der Waals surface area (Å²) in [4.78, 5) is 15.6. The quantitative estimate of drug-likeness (QED) is 0.284. The fraction of sp³-hybridized carbons (Fsp3) is 0.267. The Morgan fingerprint density at radius 1 is 1.00 bits per heavy atom. The van der Waals surface area contributed by atoms with Gasteiger partial charge in [-0.3, -0.25) is 9.89 Å². The van der Waals surface area contributed by atoms with E-state index in [0.717, 1.165) is 52.3 Å². The van der Waals surface area contributed by atoms with E-state index in [2.05, 4.69) is 60.4 Å². The van der Waals surface area contributed by atoms with Crippen LogP contribution in [0.4, 0.5) is 0 Å². The normalized spacial score (nSPS) is 14.7. The molecule has 1 N–H and O–H groups in total. The molecule has 184 valence electrons. The van der Waals surface area contributed by atoms with Crippen molar-refractivity contribution in [3.05, 3.63) is 101 Å². The number of hydrogen-bond donors (Lipinski definition) is 1. The van der Waals surface area contributed by atoms with Crippen molar-refractivity contribution in [1.29, 1.82) is 0 Å². The molecular formula is C30H31N3O3. The number of nitrogens with zero attached hydrogens (tertiary/aromatic N) is 2. The third-order valence-corrected chi connectivity index (χ3v) is 6.64. The standard InChI is InChI=1S/C30H31N3O3/c1-4-5-17-36-25-8-6-7-23(18-25)29-26-27(22-13-9-20(2)10-14-22)31-32-28(26)30(34)33(29)19-21-11-15-24(35-3)16-12-21/h6-16,18,29H,4-5,17,19H2,1-3H3,(H,31,32). The Kier molecular flexibility index (Phi) is 6.76. The number of aromatic nitrogens is 2. The minimum Gasteiger partial charge on any atom is -0.497 e. The molecule has 6 heteroatoms. The van der Waals surface area contributed by atoms with Crippen molar-refractivity contribution in [2.45, 2.75) is 39.3 Å². The Morgan fingerprint density at radius 3 is 2.50 bits per heavy atom. The van der Waals surface area contributed by atoms with Crippen LogP contribution < -0.4 is 9.47 Å². The molecular weight excluding hydrogens is 450 g/mol. The molecule has 6 nitrogen and oxygen atoms in total. The lowest BCUT2D eigenvalue weighted by atomic mass is 9.95. The second kappa shape index (κ2) is 10.3. The Morgan fingerprint density at radius 2 is 1.78 bits per heavy atom. The average Bonchev–Trinajstić information content (AvgIpc) is 3.44. The van der Waals surface area contributed by atoms with Crippen LogP contribution in [-0.2, 0) is 6.54 Å². The minimum atomic E-state index is -0.292. The zero-order valence-electron chi connectivity index (χ0n) is 21.0. The van der Waals surface area contributed by atoms with Gasteiger partial charge in [0.25, 0.3) is 5.91 Å². The van der Waals surface area contributed by atoms with E-state index in [1.54, 1.807) is 7.11 Å². The average molecular weight is 482 g/mol. The van der Waals surface area contributed by atoms with E-state index in [1.165, 1.54) is 5.56 Å². The molecule has 1 atom stereocenters. The van der Waals surface area contributed by atoms with Crippen molar-refractivity contribution in [2.24, 2.45) is 0 Å². The molecule has 0 aliphatic carbocycles. The molecule has 3 aromatic carbocycles. The van der Waals surface area contributed by atoms with Gasteiger partial charge in [0.15, 0.2) is 0 Å². The number of H-pyrrole nitrogens is 1. The van der Waals surface area contributed by atoms with Crippen molar-refractivity contribution >= 4 is 5.91 Å². The van der Waals surface area contributed by atoms with Crippen molar-refractivity contribution in [2.75, 3.05) is 13.7 Å². The van der Waals surface area contributed by atoms with E-state index in [-0.39, 0.29) is 11.9 Å². The first-order chi connectivity index (χ1) is 17.6. The number of ether oxygens (including phenoxy) is 2. The maximum Gasteiger partial charge on any atom is 0.273 e. The van der Waals surface area contributed by atoms with Crippen molar-refractivity contribution in [3.8, 4) is 22.8 Å². The molecule has 1 aliphatic rings. The van der Waals surface area contributed by atoms with Gasteiger partial charge in [-0.25, -0.2) is 0 Å². The summed E-state index contributed by atoms with van der Waals surface area (Å²) in [6.45, 7) is 5.34. The molecule has 5 rings (SSSR count). The number of benzene rings is 3. The summed E-state index contributed by atoms with van der Waals surface area (Å²) < 4.78 is 11.3. The molecule has 4 aromatic rings. The van der Waals surface area contributed by atoms with Gasteiger partial charge in [-0.15, -0.1) is 0 Å². The number of aryl methyl sites for hydroxylation is 1. The van der Waals surface area contributed by atoms with Crippen LogP contribution in [0.5, 0.6) is 11.5 Å². The largest absolute Gasteiger partial charge is 0.497 e. The van der Waals surface area contributed by atoms with Crippen LogP contribution in [0.2, 0.25) is 0 Å². The first-order valence-corrected chi connectivity index (χ1v) is 12.4. The molecule has 0 bridgehead atoms. The maximum atomic E-state index is 13.7. The van der Waals surface area contributed by atoms with E-state index < -0.39 is 0 Å². The fourth-order valence-corrected chi connectivity index (χ4v) is 4.67. The predicted molar refractivity (Wildman–Crippen MR) is 140 cm³/mol. The number of unbranched alkanes of at least 4 members (excludes halogenated alkanes) is 1. The van der Waals surface area contributed by atoms with Crippen LogP contribution in [0.25, 0.3) is 11.3 Å². The third-order valence-electron chi connectivity index (χ3n) is 6.64. The number of aromatic amines is 1. The van der Waals surface area contributed by atoms with E-state index in [4.69, 9.17) is 9.47 Å². The fourth-order valence-electron chi connectivity index (χ4n) is 4.67. The number of carbonyl (C=O) groups is 1. The lowest BCUT2D eigenvalue weighted by Crippen LogP contribution is -2.29. The molecule has 1 aromatic heterocycles. The number of methoxy groups -OCH3 is 1. The van der Waals surface area contributed by atoms with Gasteiger partial charge in [-0.2, -0.15) is 5.10 Å². The molecule has 0 radical (unpaired) electrons. The van der Waals surface area contributed by atoms with Crippen LogP contribution in [0.1, 0.15) is 58.5 Å². The van der Waals surface area contributed by atoms with Crippen molar-refractivity contribution in [1.82, 2.24) is 15.1 Å². The van der Waals surface area contributed by atoms with Gasteiger partial charge in [0.05, 0.1) is 25.5 Å². The number of nitrogens with one attached hydrogen (secondary N) is 1. The summed E-state index contributed by atoms with van der Waals surface area (Å²) in [7, 11) is 1.65. The van der Waals surface area contributed by atoms with Crippen LogP contribution >= 0.6 is 0 Å². The van der Waals surface area contributed by atoms with Crippen molar-refractivity contribution in [3.63, 3.8) is 0 Å². The molecule has 0 fully saturated rings. The van der Waals surface area contributed by atoms with Gasteiger partial charge < -0.3 is 14.4 Å². The van der Waals surface area contributed by atoms with Crippen LogP contribution in [-0.4, -0.2) is 34.7 Å². The predicted octanol–water partition coefficient (Wildman–Crippen LogP) is 6.32. The van der Waals surface area contributed by atoms with E-state index >= 15 is 0 Å². The first kappa shape index (κ1) is 23.7. The number of amides is 1. The SMILES string of the molecule is CCCCOc1cccc(C2c3c(-c4ccc(C)cc4)n[nH]c3C(=O)N2Cc2ccc(OC)cc2)c1. The van der Waals surface area contributed by atoms with Crippen molar-refractivity contribution < 1.29 is 14.3 Å². The summed E-state index contributed by atoms with van der Waals surface area (Å²) in [5.41, 5.74) is 6.44. The second-order valence-corrected chi connectivity index (χ2v) is 9.19. The summed E-state index contributed by atoms with van der Waals surface area (Å²) >= 11 is 0. The van der Waals surface area contributed by atoms with Gasteiger partial charge in [0.1, 0.15) is 17.2 Å². The Hall–Kier alpha value is -4.06. The first-order valence-electron chi connectivity index (χ1n) is 12.4. The Bertz CT molecular complexity index is 1340. The van der Waals surface area contributed by atoms with Gasteiger partial charge in [-0.1, -0.05) is 67.4 Å². The van der Waals surface area contributed by atoms with E-state index in [0.29, 0.717) is 18.8 Å². The Balaban J connectivity index is 1.57. The maximum absolute atomic E-state index is 13.7. The Labute approximate surface area is 211 Å². The van der Waals surface area contributed by atoms with Gasteiger partial charge >= 0.3 is 0 Å². The third kappa shape index (κ3) is 4.59. The summed E-state index contributed by atoms with van der Waals surface area (Å²) in [5, 5.41) is 7.64. The molecule has 36 heavy (non-hydrogen) atoms. The van der Waals surface area contributed by atoms with Gasteiger partial charge in [0.2, 0.25) is 0 Å². The molecule has 2 heterocycles. The number of hydrogen-bond acceptors (Lipinski definition) is 4. The number of carbonyl (C=O) groups excluding carboxylic acids is 1. The number of fused-ring (bicyclic) bond motifs is 1. The summed E-state index contributed by atoms with van der Waals surface area (Å²) in [6.07, 6.45) is 2.07. The monoisotopic (exact) mass is 481 g/mol. The second-order valence-electron chi connectivity index (χ2n) is 9.19. The van der Waals surface area contributed by atoms with Crippen LogP contribution in [0.3, 0.4) is 0 Å². The van der Waals surface area contributed by atoms with Crippen LogP contribution in [0, 0.1) is 6.92 Å². The van der Waals surface area contributed by atoms with E-state index in [9.17, 15) is 4.79 Å². The topological polar surface area (TPSA) is 67.5 Å². The highest BCUT2D eigenvalue weighted by atomic mass is 16.5. The molecule has 1 amide bonds. The molecule has 1 aliphatic heterocycles. The highest BCUT2D eigenvalue weighted by Gasteiger charge is 2.42. The highest BCUT2D eigenvalue weighted by molar-refractivity contribution is 6.00. The van der Waals surface area contributed by atoms with E-state index in [1.807, 2.05) is 41.3 Å². The number of rotatable bonds is 9. The lowest BCUT2D eigenvalue weighted by Gasteiger charge is -2.27. The lowest BCUT2D eigenvalue weighted by molar-refractivity contribution is 0.0730. The molecule has 0 saturated heterocycles. The minimum absolute atomic E-state index is 0.0611. The molecule has 0 spiro atoms.